The van der Waals surface area contributed by atoms with Crippen molar-refractivity contribution in [2.45, 2.75) is 38.2 Å². The quantitative estimate of drug-likeness (QED) is 0.490. The number of rotatable bonds is 7. The summed E-state index contributed by atoms with van der Waals surface area (Å²) in [5.74, 6) is -0.799. The van der Waals surface area contributed by atoms with Crippen LogP contribution >= 0.6 is 0 Å². The topological polar surface area (TPSA) is 77.8 Å². The fourth-order valence-corrected chi connectivity index (χ4v) is 0.950. The lowest BCUT2D eigenvalue weighted by Gasteiger charge is -2.06. The smallest absolute Gasteiger partial charge is 0.303 e. The highest BCUT2D eigenvalue weighted by atomic mass is 16.4. The van der Waals surface area contributed by atoms with E-state index in [0.717, 1.165) is 0 Å². The highest BCUT2D eigenvalue weighted by Gasteiger charge is 2.03. The van der Waals surface area contributed by atoms with Gasteiger partial charge < -0.3 is 15.3 Å². The molecule has 0 aliphatic carbocycles. The van der Waals surface area contributed by atoms with E-state index in [1.165, 1.54) is 0 Å². The SMILES string of the molecule is O=C(O)CCCCC(O)CCO. The highest BCUT2D eigenvalue weighted by Crippen LogP contribution is 2.05. The van der Waals surface area contributed by atoms with E-state index >= 15 is 0 Å². The van der Waals surface area contributed by atoms with Gasteiger partial charge in [0.1, 0.15) is 0 Å². The van der Waals surface area contributed by atoms with E-state index in [0.29, 0.717) is 25.7 Å². The predicted molar refractivity (Wildman–Crippen MR) is 43.8 cm³/mol. The summed E-state index contributed by atoms with van der Waals surface area (Å²) >= 11 is 0. The standard InChI is InChI=1S/C8H16O4/c9-6-5-7(10)3-1-2-4-8(11)12/h7,9-10H,1-6H2,(H,11,12). The van der Waals surface area contributed by atoms with Crippen LogP contribution in [-0.2, 0) is 4.79 Å². The van der Waals surface area contributed by atoms with Crippen molar-refractivity contribution in [1.82, 2.24) is 0 Å². The molecular formula is C8H16O4. The zero-order valence-corrected chi connectivity index (χ0v) is 7.07. The Balaban J connectivity index is 3.13. The molecule has 0 heterocycles. The molecule has 1 unspecified atom stereocenters. The van der Waals surface area contributed by atoms with Gasteiger partial charge in [0.25, 0.3) is 0 Å². The summed E-state index contributed by atoms with van der Waals surface area (Å²) in [4.78, 5) is 10.1. The zero-order chi connectivity index (χ0) is 9.40. The molecule has 72 valence electrons. The number of carbonyl (C=O) groups is 1. The maximum atomic E-state index is 10.1. The number of carboxylic acids is 1. The van der Waals surface area contributed by atoms with Gasteiger partial charge in [-0.25, -0.2) is 0 Å². The number of aliphatic carboxylic acids is 1. The lowest BCUT2D eigenvalue weighted by atomic mass is 10.1. The van der Waals surface area contributed by atoms with Gasteiger partial charge in [0, 0.05) is 13.0 Å². The van der Waals surface area contributed by atoms with Crippen molar-refractivity contribution in [2.24, 2.45) is 0 Å². The van der Waals surface area contributed by atoms with Gasteiger partial charge in [-0.2, -0.15) is 0 Å². The Morgan fingerprint density at radius 3 is 2.42 bits per heavy atom. The van der Waals surface area contributed by atoms with E-state index in [-0.39, 0.29) is 13.0 Å². The first-order valence-electron chi connectivity index (χ1n) is 4.17. The Labute approximate surface area is 71.8 Å². The molecule has 0 spiro atoms. The third-order valence-electron chi connectivity index (χ3n) is 1.64. The Morgan fingerprint density at radius 1 is 1.25 bits per heavy atom. The summed E-state index contributed by atoms with van der Waals surface area (Å²) in [6.07, 6.45) is 1.93. The predicted octanol–water partition coefficient (Wildman–Crippen LogP) is 0.375. The Hall–Kier alpha value is -0.610. The van der Waals surface area contributed by atoms with Gasteiger partial charge in [-0.3, -0.25) is 4.79 Å². The second-order valence-corrected chi connectivity index (χ2v) is 2.81. The van der Waals surface area contributed by atoms with Gasteiger partial charge in [-0.05, 0) is 19.3 Å². The summed E-state index contributed by atoms with van der Waals surface area (Å²) in [7, 11) is 0. The fourth-order valence-electron chi connectivity index (χ4n) is 0.950. The third kappa shape index (κ3) is 7.50. The van der Waals surface area contributed by atoms with E-state index < -0.39 is 12.1 Å². The average Bonchev–Trinajstić information content (AvgIpc) is 1.98. The number of hydrogen-bond donors (Lipinski definition) is 3. The van der Waals surface area contributed by atoms with Crippen LogP contribution in [0.4, 0.5) is 0 Å². The number of aliphatic hydroxyl groups is 2. The summed E-state index contributed by atoms with van der Waals surface area (Å²) in [5, 5.41) is 25.8. The second-order valence-electron chi connectivity index (χ2n) is 2.81. The molecule has 12 heavy (non-hydrogen) atoms. The maximum absolute atomic E-state index is 10.1. The molecule has 0 aromatic heterocycles. The van der Waals surface area contributed by atoms with Crippen molar-refractivity contribution in [3.63, 3.8) is 0 Å². The maximum Gasteiger partial charge on any atom is 0.303 e. The molecule has 0 radical (unpaired) electrons. The molecule has 4 heteroatoms. The Morgan fingerprint density at radius 2 is 1.92 bits per heavy atom. The minimum atomic E-state index is -0.799. The van der Waals surface area contributed by atoms with Crippen molar-refractivity contribution >= 4 is 5.97 Å². The molecule has 0 aromatic carbocycles. The lowest BCUT2D eigenvalue weighted by Crippen LogP contribution is -2.08. The van der Waals surface area contributed by atoms with Gasteiger partial charge >= 0.3 is 5.97 Å². The van der Waals surface area contributed by atoms with E-state index in [9.17, 15) is 4.79 Å². The molecule has 0 aromatic rings. The van der Waals surface area contributed by atoms with Crippen molar-refractivity contribution in [3.8, 4) is 0 Å². The second kappa shape index (κ2) is 7.06. The van der Waals surface area contributed by atoms with Gasteiger partial charge in [0.2, 0.25) is 0 Å². The zero-order valence-electron chi connectivity index (χ0n) is 7.07. The van der Waals surface area contributed by atoms with Gasteiger partial charge in [-0.15, -0.1) is 0 Å². The molecule has 0 bridgehead atoms. The molecule has 0 saturated carbocycles. The normalized spacial score (nSPS) is 12.8. The van der Waals surface area contributed by atoms with E-state index in [1.54, 1.807) is 0 Å². The van der Waals surface area contributed by atoms with Crippen molar-refractivity contribution in [1.29, 1.82) is 0 Å². The Kier molecular flexibility index (Phi) is 6.70. The molecule has 4 nitrogen and oxygen atoms in total. The van der Waals surface area contributed by atoms with Crippen LogP contribution in [0.3, 0.4) is 0 Å². The van der Waals surface area contributed by atoms with Gasteiger partial charge in [-0.1, -0.05) is 6.42 Å². The minimum Gasteiger partial charge on any atom is -0.481 e. The third-order valence-corrected chi connectivity index (χ3v) is 1.64. The molecule has 0 amide bonds. The van der Waals surface area contributed by atoms with Crippen molar-refractivity contribution in [3.05, 3.63) is 0 Å². The van der Waals surface area contributed by atoms with Crippen LogP contribution in [0.1, 0.15) is 32.1 Å². The monoisotopic (exact) mass is 176 g/mol. The Bertz CT molecular complexity index is 124. The van der Waals surface area contributed by atoms with Crippen LogP contribution in [0.5, 0.6) is 0 Å². The highest BCUT2D eigenvalue weighted by molar-refractivity contribution is 5.66. The minimum absolute atomic E-state index is 0.0138. The molecule has 0 saturated heterocycles. The molecule has 3 N–H and O–H groups in total. The van der Waals surface area contributed by atoms with Crippen molar-refractivity contribution < 1.29 is 20.1 Å². The lowest BCUT2D eigenvalue weighted by molar-refractivity contribution is -0.137. The summed E-state index contributed by atoms with van der Waals surface area (Å²) in [6.45, 7) is -0.0138. The molecule has 0 aliphatic rings. The first kappa shape index (κ1) is 11.4. The first-order valence-corrected chi connectivity index (χ1v) is 4.17. The van der Waals surface area contributed by atoms with Crippen LogP contribution in [0.2, 0.25) is 0 Å². The van der Waals surface area contributed by atoms with Crippen LogP contribution in [0.25, 0.3) is 0 Å². The number of unbranched alkanes of at least 4 members (excludes halogenated alkanes) is 1. The van der Waals surface area contributed by atoms with Gasteiger partial charge in [0.05, 0.1) is 6.10 Å². The van der Waals surface area contributed by atoms with E-state index in [4.69, 9.17) is 15.3 Å². The molecule has 1 atom stereocenters. The molecular weight excluding hydrogens is 160 g/mol. The summed E-state index contributed by atoms with van der Waals surface area (Å²) in [5.41, 5.74) is 0. The average molecular weight is 176 g/mol. The molecule has 0 fully saturated rings. The van der Waals surface area contributed by atoms with Crippen LogP contribution in [-0.4, -0.2) is 34.0 Å². The number of hydrogen-bond acceptors (Lipinski definition) is 3. The number of carboxylic acid groups (broad SMARTS) is 1. The molecule has 0 rings (SSSR count). The first-order chi connectivity index (χ1) is 5.66. The van der Waals surface area contributed by atoms with E-state index in [1.807, 2.05) is 0 Å². The van der Waals surface area contributed by atoms with Gasteiger partial charge in [0.15, 0.2) is 0 Å². The number of aliphatic hydroxyl groups excluding tert-OH is 2. The molecule has 0 aliphatic heterocycles. The fraction of sp³-hybridized carbons (Fsp3) is 0.875. The summed E-state index contributed by atoms with van der Waals surface area (Å²) in [6, 6.07) is 0. The van der Waals surface area contributed by atoms with E-state index in [2.05, 4.69) is 0 Å². The largest absolute Gasteiger partial charge is 0.481 e. The van der Waals surface area contributed by atoms with Crippen LogP contribution in [0, 0.1) is 0 Å². The van der Waals surface area contributed by atoms with Crippen molar-refractivity contribution in [2.75, 3.05) is 6.61 Å². The van der Waals surface area contributed by atoms with Crippen LogP contribution in [0.15, 0.2) is 0 Å². The summed E-state index contributed by atoms with van der Waals surface area (Å²) < 4.78 is 0. The van der Waals surface area contributed by atoms with Crippen LogP contribution < -0.4 is 0 Å².